The topological polar surface area (TPSA) is 58.9 Å². The lowest BCUT2D eigenvalue weighted by atomic mass is 9.63. The number of hydrogen-bond acceptors (Lipinski definition) is 4. The van der Waals surface area contributed by atoms with Crippen LogP contribution in [0.3, 0.4) is 0 Å². The first-order chi connectivity index (χ1) is 16.3. The van der Waals surface area contributed by atoms with Crippen molar-refractivity contribution in [2.75, 3.05) is 26.4 Å². The third-order valence-corrected chi connectivity index (χ3v) is 6.72. The molecule has 0 fully saturated rings. The molecule has 3 aromatic carbocycles. The van der Waals surface area contributed by atoms with E-state index in [1.165, 1.54) is 22.3 Å². The zero-order valence-electron chi connectivity index (χ0n) is 18.4. The van der Waals surface area contributed by atoms with Crippen LogP contribution in [0.2, 0.25) is 0 Å². The second-order valence-corrected chi connectivity index (χ2v) is 8.41. The maximum absolute atomic E-state index is 9.10. The Morgan fingerprint density at radius 2 is 1.21 bits per heavy atom. The van der Waals surface area contributed by atoms with Crippen molar-refractivity contribution in [2.24, 2.45) is 5.92 Å². The molecule has 2 aliphatic carbocycles. The summed E-state index contributed by atoms with van der Waals surface area (Å²) in [6, 6.07) is 25.3. The van der Waals surface area contributed by atoms with E-state index in [1.54, 1.807) is 0 Å². The molecule has 2 aliphatic rings. The fourth-order valence-corrected chi connectivity index (χ4v) is 5.46. The summed E-state index contributed by atoms with van der Waals surface area (Å²) in [6.45, 7) is 0.539. The summed E-state index contributed by atoms with van der Waals surface area (Å²) in [5.74, 6) is 2.02. The predicted octanol–water partition coefficient (Wildman–Crippen LogP) is 4.60. The van der Waals surface area contributed by atoms with Gasteiger partial charge in [0, 0.05) is 11.8 Å². The Labute approximate surface area is 194 Å². The molecule has 0 saturated heterocycles. The summed E-state index contributed by atoms with van der Waals surface area (Å²) in [7, 11) is 0. The first kappa shape index (κ1) is 21.5. The Morgan fingerprint density at radius 3 is 1.79 bits per heavy atom. The lowest BCUT2D eigenvalue weighted by Crippen LogP contribution is -2.35. The van der Waals surface area contributed by atoms with Gasteiger partial charge in [0.05, 0.1) is 18.6 Å². The van der Waals surface area contributed by atoms with Gasteiger partial charge in [-0.05, 0) is 46.5 Å². The Morgan fingerprint density at radius 1 is 0.667 bits per heavy atom. The summed E-state index contributed by atoms with van der Waals surface area (Å²) in [4.78, 5) is 0. The van der Waals surface area contributed by atoms with Crippen LogP contribution >= 0.6 is 0 Å². The van der Waals surface area contributed by atoms with E-state index in [9.17, 15) is 0 Å². The highest BCUT2D eigenvalue weighted by molar-refractivity contribution is 5.63. The Balaban J connectivity index is 1.68. The van der Waals surface area contributed by atoms with Crippen LogP contribution in [0.4, 0.5) is 0 Å². The number of hydrogen-bond donors (Lipinski definition) is 2. The predicted molar refractivity (Wildman–Crippen MR) is 129 cm³/mol. The lowest BCUT2D eigenvalue weighted by Gasteiger charge is -2.39. The largest absolute Gasteiger partial charge is 0.491 e. The molecule has 5 rings (SSSR count). The van der Waals surface area contributed by atoms with Crippen LogP contribution < -0.4 is 9.47 Å². The fraction of sp³-hybridized carbons (Fsp3) is 0.241. The van der Waals surface area contributed by atoms with Crippen LogP contribution in [0.25, 0.3) is 0 Å². The van der Waals surface area contributed by atoms with E-state index in [-0.39, 0.29) is 37.8 Å². The van der Waals surface area contributed by atoms with Gasteiger partial charge in [0.2, 0.25) is 0 Å². The molecule has 2 atom stereocenters. The van der Waals surface area contributed by atoms with Crippen LogP contribution in [-0.4, -0.2) is 36.6 Å². The minimum Gasteiger partial charge on any atom is -0.491 e. The van der Waals surface area contributed by atoms with Gasteiger partial charge in [-0.15, -0.1) is 0 Å². The van der Waals surface area contributed by atoms with Gasteiger partial charge in [0.1, 0.15) is 24.7 Å². The summed E-state index contributed by atoms with van der Waals surface area (Å²) in [6.07, 6.45) is 8.94. The van der Waals surface area contributed by atoms with Gasteiger partial charge in [-0.2, -0.15) is 0 Å². The molecule has 2 N–H and O–H groups in total. The lowest BCUT2D eigenvalue weighted by molar-refractivity contribution is 0.201. The molecule has 0 radical (unpaired) electrons. The molecular weight excluding hydrogens is 412 g/mol. The maximum Gasteiger partial charge on any atom is 0.119 e. The second kappa shape index (κ2) is 9.26. The molecule has 2 unspecified atom stereocenters. The first-order valence-electron chi connectivity index (χ1n) is 11.4. The van der Waals surface area contributed by atoms with E-state index in [4.69, 9.17) is 19.7 Å². The number of rotatable bonds is 8. The van der Waals surface area contributed by atoms with Crippen LogP contribution in [0.1, 0.15) is 28.2 Å². The minimum absolute atomic E-state index is 0.00928. The quantitative estimate of drug-likeness (QED) is 0.537. The minimum atomic E-state index is -0.368. The highest BCUT2D eigenvalue weighted by Gasteiger charge is 2.52. The van der Waals surface area contributed by atoms with Gasteiger partial charge in [0.15, 0.2) is 0 Å². The zero-order valence-corrected chi connectivity index (χ0v) is 18.4. The van der Waals surface area contributed by atoms with Crippen molar-refractivity contribution in [1.29, 1.82) is 0 Å². The van der Waals surface area contributed by atoms with Crippen molar-refractivity contribution < 1.29 is 19.7 Å². The molecule has 4 nitrogen and oxygen atoms in total. The molecule has 0 saturated carbocycles. The third kappa shape index (κ3) is 3.65. The summed E-state index contributed by atoms with van der Waals surface area (Å²) >= 11 is 0. The van der Waals surface area contributed by atoms with E-state index >= 15 is 0 Å². The van der Waals surface area contributed by atoms with Gasteiger partial charge in [-0.3, -0.25) is 0 Å². The highest BCUT2D eigenvalue weighted by atomic mass is 16.5. The monoisotopic (exact) mass is 440 g/mol. The number of benzene rings is 3. The number of ether oxygens (including phenoxy) is 2. The van der Waals surface area contributed by atoms with Crippen molar-refractivity contribution in [2.45, 2.75) is 11.3 Å². The van der Waals surface area contributed by atoms with Gasteiger partial charge in [-0.1, -0.05) is 72.8 Å². The van der Waals surface area contributed by atoms with Crippen LogP contribution in [0, 0.1) is 5.92 Å². The highest BCUT2D eigenvalue weighted by Crippen LogP contribution is 2.59. The van der Waals surface area contributed by atoms with Crippen molar-refractivity contribution in [3.8, 4) is 11.5 Å². The summed E-state index contributed by atoms with van der Waals surface area (Å²) in [5.41, 5.74) is 4.69. The maximum atomic E-state index is 9.10. The average Bonchev–Trinajstić information content (AvgIpc) is 3.18. The van der Waals surface area contributed by atoms with Crippen molar-refractivity contribution in [3.63, 3.8) is 0 Å². The van der Waals surface area contributed by atoms with Crippen LogP contribution in [-0.2, 0) is 5.41 Å². The molecule has 0 aliphatic heterocycles. The van der Waals surface area contributed by atoms with Crippen LogP contribution in [0.5, 0.6) is 11.5 Å². The molecular formula is C29H28O4. The summed E-state index contributed by atoms with van der Waals surface area (Å²) < 4.78 is 11.3. The summed E-state index contributed by atoms with van der Waals surface area (Å²) in [5, 5.41) is 18.2. The Bertz CT molecular complexity index is 1090. The normalized spacial score (nSPS) is 19.7. The van der Waals surface area contributed by atoms with E-state index in [0.29, 0.717) is 5.92 Å². The molecule has 168 valence electrons. The van der Waals surface area contributed by atoms with Gasteiger partial charge >= 0.3 is 0 Å². The van der Waals surface area contributed by atoms with Crippen molar-refractivity contribution >= 4 is 0 Å². The zero-order chi connectivity index (χ0) is 22.7. The van der Waals surface area contributed by atoms with Gasteiger partial charge in [-0.25, -0.2) is 0 Å². The van der Waals surface area contributed by atoms with E-state index in [0.717, 1.165) is 11.5 Å². The molecule has 0 aromatic heterocycles. The van der Waals surface area contributed by atoms with Crippen molar-refractivity contribution in [3.05, 3.63) is 119 Å². The molecule has 0 bridgehead atoms. The fourth-order valence-electron chi connectivity index (χ4n) is 5.46. The molecule has 0 amide bonds. The van der Waals surface area contributed by atoms with Gasteiger partial charge < -0.3 is 19.7 Å². The van der Waals surface area contributed by atoms with Crippen molar-refractivity contribution in [1.82, 2.24) is 0 Å². The van der Waals surface area contributed by atoms with Crippen LogP contribution in [0.15, 0.2) is 97.1 Å². The number of allylic oxidation sites excluding steroid dienone is 4. The standard InChI is InChI=1S/C29H28O4/c30-17-19-32-23-13-9-21(10-14-23)29(22-11-15-24(16-12-22)33-20-18-31)27-7-3-1-5-25(27)26-6-2-4-8-28(26)29/h1-16,25,27,30-31H,17-20H2. The molecule has 4 heteroatoms. The first-order valence-corrected chi connectivity index (χ1v) is 11.4. The van der Waals surface area contributed by atoms with E-state index < -0.39 is 0 Å². The number of aliphatic hydroxyl groups excluding tert-OH is 2. The van der Waals surface area contributed by atoms with E-state index in [1.807, 2.05) is 24.3 Å². The Hall–Kier alpha value is -3.34. The third-order valence-electron chi connectivity index (χ3n) is 6.72. The molecule has 0 heterocycles. The number of fused-ring (bicyclic) bond motifs is 3. The average molecular weight is 441 g/mol. The van der Waals surface area contributed by atoms with Gasteiger partial charge in [0.25, 0.3) is 0 Å². The molecule has 33 heavy (non-hydrogen) atoms. The van der Waals surface area contributed by atoms with E-state index in [2.05, 4.69) is 72.8 Å². The Kier molecular flexibility index (Phi) is 6.03. The SMILES string of the molecule is OCCOc1ccc(C2(c3ccc(OCCO)cc3)c3ccccc3C3C=CC=CC32)cc1. The number of aliphatic hydroxyl groups is 2. The second-order valence-electron chi connectivity index (χ2n) is 8.41. The molecule has 0 spiro atoms. The smallest absolute Gasteiger partial charge is 0.119 e. The molecule has 3 aromatic rings.